The van der Waals surface area contributed by atoms with Crippen LogP contribution in [0.5, 0.6) is 11.5 Å². The first-order valence-corrected chi connectivity index (χ1v) is 17.8. The minimum absolute atomic E-state index is 0.0220. The van der Waals surface area contributed by atoms with E-state index in [9.17, 15) is 24.6 Å². The molecule has 2 N–H and O–H groups in total. The highest BCUT2D eigenvalue weighted by Gasteiger charge is 2.52. The number of aliphatic hydroxyl groups is 2. The highest BCUT2D eigenvalue weighted by Crippen LogP contribution is 2.47. The lowest BCUT2D eigenvalue weighted by atomic mass is 9.83. The molecule has 0 aromatic heterocycles. The molecule has 268 valence electrons. The lowest BCUT2D eigenvalue weighted by Crippen LogP contribution is -2.44. The maximum atomic E-state index is 14.3. The van der Waals surface area contributed by atoms with Crippen LogP contribution in [0.2, 0.25) is 5.02 Å². The molecule has 0 spiro atoms. The van der Waals surface area contributed by atoms with E-state index in [0.717, 1.165) is 11.1 Å². The highest BCUT2D eigenvalue weighted by atomic mass is 35.5. The summed E-state index contributed by atoms with van der Waals surface area (Å²) in [5.74, 6) is -0.725. The molecular formula is C43H38ClN3O6. The number of amides is 3. The van der Waals surface area contributed by atoms with E-state index in [1.54, 1.807) is 65.3 Å². The van der Waals surface area contributed by atoms with Gasteiger partial charge in [-0.25, -0.2) is 0 Å². The van der Waals surface area contributed by atoms with E-state index in [0.29, 0.717) is 51.3 Å². The molecule has 53 heavy (non-hydrogen) atoms. The summed E-state index contributed by atoms with van der Waals surface area (Å²) in [7, 11) is 0. The number of ether oxygens (including phenoxy) is 1. The van der Waals surface area contributed by atoms with Crippen LogP contribution in [0, 0.1) is 5.92 Å². The van der Waals surface area contributed by atoms with Crippen molar-refractivity contribution in [1.29, 1.82) is 0 Å². The predicted molar refractivity (Wildman–Crippen MR) is 204 cm³/mol. The number of aliphatic hydroxyl groups excluding tert-OH is 1. The van der Waals surface area contributed by atoms with Gasteiger partial charge in [0.05, 0.1) is 30.1 Å². The fourth-order valence-electron chi connectivity index (χ4n) is 6.98. The maximum absolute atomic E-state index is 14.3. The average Bonchev–Trinajstić information content (AvgIpc) is 3.28. The van der Waals surface area contributed by atoms with Crippen molar-refractivity contribution >= 4 is 46.4 Å². The third kappa shape index (κ3) is 6.94. The quantitative estimate of drug-likeness (QED) is 0.135. The summed E-state index contributed by atoms with van der Waals surface area (Å²) >= 11 is 6.42. The van der Waals surface area contributed by atoms with Gasteiger partial charge in [-0.3, -0.25) is 19.3 Å². The minimum Gasteiger partial charge on any atom is -0.454 e. The van der Waals surface area contributed by atoms with Crippen molar-refractivity contribution in [3.63, 3.8) is 0 Å². The molecule has 7 rings (SSSR count). The van der Waals surface area contributed by atoms with Gasteiger partial charge in [0.15, 0.2) is 11.4 Å². The first-order chi connectivity index (χ1) is 25.7. The summed E-state index contributed by atoms with van der Waals surface area (Å²) < 4.78 is 6.17. The molecule has 2 atom stereocenters. The molecule has 2 aliphatic rings. The first-order valence-electron chi connectivity index (χ1n) is 17.4. The number of hydrogen-bond acceptors (Lipinski definition) is 6. The second kappa shape index (κ2) is 15.1. The third-order valence-electron chi connectivity index (χ3n) is 9.70. The fourth-order valence-corrected chi connectivity index (χ4v) is 7.15. The lowest BCUT2D eigenvalue weighted by molar-refractivity contribution is -0.139. The Bertz CT molecular complexity index is 2210. The zero-order valence-electron chi connectivity index (χ0n) is 29.1. The molecule has 0 saturated heterocycles. The number of nitrogens with zero attached hydrogens (tertiary/aromatic N) is 3. The number of rotatable bonds is 11. The van der Waals surface area contributed by atoms with Gasteiger partial charge in [0, 0.05) is 41.7 Å². The molecule has 3 amide bonds. The van der Waals surface area contributed by atoms with Crippen molar-refractivity contribution in [3.8, 4) is 11.5 Å². The van der Waals surface area contributed by atoms with Gasteiger partial charge in [0.25, 0.3) is 11.8 Å². The van der Waals surface area contributed by atoms with Crippen molar-refractivity contribution in [2.75, 3.05) is 23.0 Å². The fraction of sp³-hybridized carbons (Fsp3) is 0.186. The van der Waals surface area contributed by atoms with Crippen LogP contribution in [0.15, 0.2) is 133 Å². The largest absolute Gasteiger partial charge is 0.454 e. The van der Waals surface area contributed by atoms with Gasteiger partial charge in [-0.2, -0.15) is 0 Å². The number of fused-ring (bicyclic) bond motifs is 3. The standard InChI is InChI=1S/C43H38ClN3O6/c1-29(11-9-20-40(49)45(23-24-48)27-30-12-3-2-4-13-30)43(52)35-26-32(44)21-22-36(35)46(42(43)51)28-31-14-10-15-33(25-31)47-37-17-6-8-19-39(37)53-38-18-7-5-16-34(38)41(47)50/h2-19,21-22,25-26,29,48,52H,20,23-24,27-28H2,1H3/b11-9+/t29-,43+/m0/s1. The van der Waals surface area contributed by atoms with Crippen LogP contribution in [0.4, 0.5) is 17.1 Å². The Morgan fingerprint density at radius 1 is 0.868 bits per heavy atom. The van der Waals surface area contributed by atoms with Crippen LogP contribution in [-0.4, -0.2) is 46.0 Å². The van der Waals surface area contributed by atoms with Crippen molar-refractivity contribution in [2.45, 2.75) is 32.0 Å². The van der Waals surface area contributed by atoms with Crippen LogP contribution >= 0.6 is 11.6 Å². The van der Waals surface area contributed by atoms with E-state index in [-0.39, 0.29) is 37.9 Å². The summed E-state index contributed by atoms with van der Waals surface area (Å²) in [6, 6.07) is 36.3. The summed E-state index contributed by atoms with van der Waals surface area (Å²) in [5.41, 5.74) is 2.16. The van der Waals surface area contributed by atoms with Gasteiger partial charge in [0.2, 0.25) is 5.91 Å². The Morgan fingerprint density at radius 2 is 1.58 bits per heavy atom. The minimum atomic E-state index is -1.97. The van der Waals surface area contributed by atoms with Gasteiger partial charge in [-0.1, -0.05) is 97.4 Å². The van der Waals surface area contributed by atoms with Crippen LogP contribution < -0.4 is 14.5 Å². The number of hydrogen-bond donors (Lipinski definition) is 2. The van der Waals surface area contributed by atoms with Crippen LogP contribution in [-0.2, 0) is 28.3 Å². The van der Waals surface area contributed by atoms with E-state index in [1.807, 2.05) is 84.9 Å². The average molecular weight is 728 g/mol. The van der Waals surface area contributed by atoms with E-state index < -0.39 is 17.4 Å². The van der Waals surface area contributed by atoms with Gasteiger partial charge >= 0.3 is 0 Å². The van der Waals surface area contributed by atoms with Crippen molar-refractivity contribution < 1.29 is 29.3 Å². The molecule has 0 fully saturated rings. The molecule has 2 aliphatic heterocycles. The zero-order chi connectivity index (χ0) is 37.1. The van der Waals surface area contributed by atoms with Crippen LogP contribution in [0.25, 0.3) is 0 Å². The smallest absolute Gasteiger partial charge is 0.266 e. The molecule has 5 aromatic carbocycles. The molecule has 5 aromatic rings. The van der Waals surface area contributed by atoms with E-state index in [2.05, 4.69) is 0 Å². The Labute approximate surface area is 312 Å². The second-order valence-corrected chi connectivity index (χ2v) is 13.6. The molecule has 0 saturated carbocycles. The van der Waals surface area contributed by atoms with Crippen molar-refractivity contribution in [2.24, 2.45) is 5.92 Å². The predicted octanol–water partition coefficient (Wildman–Crippen LogP) is 7.76. The SMILES string of the molecule is C[C@@H](/C=C/CC(=O)N(CCO)Cc1ccccc1)[C@]1(O)C(=O)N(Cc2cccc(N3C(=O)c4ccccc4Oc4ccccc43)c2)c2ccc(Cl)cc21. The van der Waals surface area contributed by atoms with Gasteiger partial charge in [-0.15, -0.1) is 0 Å². The maximum Gasteiger partial charge on any atom is 0.266 e. The number of carbonyl (C=O) groups excluding carboxylic acids is 3. The molecule has 0 aliphatic carbocycles. The van der Waals surface area contributed by atoms with E-state index in [1.165, 1.54) is 4.90 Å². The topological polar surface area (TPSA) is 111 Å². The first kappa shape index (κ1) is 35.7. The van der Waals surface area contributed by atoms with Crippen LogP contribution in [0.1, 0.15) is 40.4 Å². The Balaban J connectivity index is 1.14. The summed E-state index contributed by atoms with van der Waals surface area (Å²) in [4.78, 5) is 46.3. The summed E-state index contributed by atoms with van der Waals surface area (Å²) in [6.07, 6.45) is 3.35. The number of carbonyl (C=O) groups is 3. The van der Waals surface area contributed by atoms with Gasteiger partial charge < -0.3 is 24.7 Å². The molecule has 0 unspecified atom stereocenters. The molecular weight excluding hydrogens is 690 g/mol. The van der Waals surface area contributed by atoms with Gasteiger partial charge in [-0.05, 0) is 65.7 Å². The number of para-hydroxylation sites is 3. The molecule has 0 bridgehead atoms. The van der Waals surface area contributed by atoms with E-state index in [4.69, 9.17) is 16.3 Å². The van der Waals surface area contributed by atoms with Gasteiger partial charge in [0.1, 0.15) is 5.75 Å². The summed E-state index contributed by atoms with van der Waals surface area (Å²) in [5, 5.41) is 22.2. The molecule has 9 nitrogen and oxygen atoms in total. The Morgan fingerprint density at radius 3 is 2.38 bits per heavy atom. The molecule has 2 heterocycles. The van der Waals surface area contributed by atoms with Crippen molar-refractivity contribution in [3.05, 3.63) is 161 Å². The Kier molecular flexibility index (Phi) is 10.1. The zero-order valence-corrected chi connectivity index (χ0v) is 29.8. The molecule has 0 radical (unpaired) electrons. The van der Waals surface area contributed by atoms with E-state index >= 15 is 0 Å². The van der Waals surface area contributed by atoms with Crippen LogP contribution in [0.3, 0.4) is 0 Å². The number of benzene rings is 5. The van der Waals surface area contributed by atoms with Crippen molar-refractivity contribution in [1.82, 2.24) is 4.90 Å². The normalized spacial score (nSPS) is 16.8. The number of halogens is 1. The Hall–Kier alpha value is -5.74. The monoisotopic (exact) mass is 727 g/mol. The molecule has 10 heteroatoms. The number of anilines is 3. The second-order valence-electron chi connectivity index (χ2n) is 13.1. The summed E-state index contributed by atoms with van der Waals surface area (Å²) in [6.45, 7) is 2.19. The third-order valence-corrected chi connectivity index (χ3v) is 9.94. The highest BCUT2D eigenvalue weighted by molar-refractivity contribution is 6.31. The lowest BCUT2D eigenvalue weighted by Gasteiger charge is -2.28.